The van der Waals surface area contributed by atoms with E-state index in [9.17, 15) is 4.79 Å². The minimum atomic E-state index is 0.689. The van der Waals surface area contributed by atoms with E-state index >= 15 is 0 Å². The molecule has 0 aromatic heterocycles. The van der Waals surface area contributed by atoms with Crippen molar-refractivity contribution in [2.24, 2.45) is 0 Å². The van der Waals surface area contributed by atoms with Crippen LogP contribution in [0.3, 0.4) is 0 Å². The standard InChI is InChI=1S/C13H12.C4H10.C2H3O.Sb/c1-11-7-9-13(10-8-11)12-5-3-2-4-6-12;1-3-4-2;1-2-3;/h2-10H,1H3;3-4H2,1-2H3;2H,1H2;. The summed E-state index contributed by atoms with van der Waals surface area (Å²) in [6.45, 7) is 6.47. The first-order chi connectivity index (χ1) is 10.2. The van der Waals surface area contributed by atoms with Crippen molar-refractivity contribution in [2.75, 3.05) is 0 Å². The number of aryl methyl sites for hydroxylation is 1. The van der Waals surface area contributed by atoms with Gasteiger partial charge in [-0.2, -0.15) is 0 Å². The number of aldehydes is 1. The summed E-state index contributed by atoms with van der Waals surface area (Å²) in [5.41, 5.74) is 3.87. The van der Waals surface area contributed by atoms with E-state index in [4.69, 9.17) is 0 Å². The number of hydrogen-bond acceptors (Lipinski definition) is 1. The predicted octanol–water partition coefficient (Wildman–Crippen LogP) is 5.24. The second-order valence-corrected chi connectivity index (χ2v) is 5.62. The van der Waals surface area contributed by atoms with Crippen LogP contribution in [0.5, 0.6) is 0 Å². The Morgan fingerprint density at radius 1 is 0.857 bits per heavy atom. The molecule has 2 rings (SSSR count). The molecule has 0 N–H and O–H groups in total. The van der Waals surface area contributed by atoms with Crippen molar-refractivity contribution in [3.8, 4) is 11.1 Å². The molecule has 0 saturated heterocycles. The Kier molecular flexibility index (Phi) is 13.2. The van der Waals surface area contributed by atoms with Crippen LogP contribution >= 0.6 is 0 Å². The van der Waals surface area contributed by atoms with Gasteiger partial charge in [-0.1, -0.05) is 86.8 Å². The maximum atomic E-state index is 9.19. The summed E-state index contributed by atoms with van der Waals surface area (Å²) in [7, 11) is 0. The molecule has 2 aromatic rings. The van der Waals surface area contributed by atoms with Crippen molar-refractivity contribution >= 4 is 29.3 Å². The van der Waals surface area contributed by atoms with Gasteiger partial charge < -0.3 is 0 Å². The topological polar surface area (TPSA) is 17.1 Å². The van der Waals surface area contributed by atoms with Gasteiger partial charge in [-0.15, -0.1) is 0 Å². The fourth-order valence-electron chi connectivity index (χ4n) is 1.38. The molecular formula is C19H25OSb. The Bertz CT molecular complexity index is 461. The first-order valence-corrected chi connectivity index (χ1v) is 9.16. The third kappa shape index (κ3) is 10.3. The zero-order valence-electron chi connectivity index (χ0n) is 13.3. The van der Waals surface area contributed by atoms with Crippen LogP contribution < -0.4 is 0 Å². The number of rotatable bonds is 3. The van der Waals surface area contributed by atoms with E-state index in [1.165, 1.54) is 52.6 Å². The van der Waals surface area contributed by atoms with Gasteiger partial charge in [-0.3, -0.25) is 0 Å². The van der Waals surface area contributed by atoms with Crippen LogP contribution in [0.15, 0.2) is 54.6 Å². The van der Waals surface area contributed by atoms with Crippen LogP contribution in [0.1, 0.15) is 32.3 Å². The molecule has 0 saturated carbocycles. The Balaban J connectivity index is 0.000000421. The van der Waals surface area contributed by atoms with Crippen molar-refractivity contribution < 1.29 is 4.79 Å². The molecule has 2 radical (unpaired) electrons. The molecule has 1 nitrogen and oxygen atoms in total. The van der Waals surface area contributed by atoms with Gasteiger partial charge >= 0.3 is 38.5 Å². The minimum absolute atomic E-state index is 0.689. The summed E-state index contributed by atoms with van der Waals surface area (Å²) in [6, 6.07) is 19.0. The molecule has 0 amide bonds. The van der Waals surface area contributed by atoms with Crippen molar-refractivity contribution in [3.05, 3.63) is 60.2 Å². The molecule has 2 heteroatoms. The van der Waals surface area contributed by atoms with E-state index < -0.39 is 0 Å². The van der Waals surface area contributed by atoms with Crippen LogP contribution in [0.25, 0.3) is 11.1 Å². The SMILES string of the molecule is CCCC.Cc1ccc(-c2ccccc2)cc1.O=C[CH2][Sb]. The molecule has 0 spiro atoms. The summed E-state index contributed by atoms with van der Waals surface area (Å²) in [4.78, 5) is 9.19. The molecule has 0 bridgehead atoms. The van der Waals surface area contributed by atoms with Crippen LogP contribution in [0, 0.1) is 6.92 Å². The molecule has 0 aliphatic heterocycles. The van der Waals surface area contributed by atoms with Gasteiger partial charge in [0.15, 0.2) is 0 Å². The fourth-order valence-corrected chi connectivity index (χ4v) is 1.38. The van der Waals surface area contributed by atoms with Crippen LogP contribution in [0.4, 0.5) is 0 Å². The molecule has 0 atom stereocenters. The zero-order chi connectivity index (χ0) is 15.9. The van der Waals surface area contributed by atoms with Gasteiger partial charge in [0, 0.05) is 0 Å². The van der Waals surface area contributed by atoms with Crippen LogP contribution in [-0.4, -0.2) is 29.3 Å². The quantitative estimate of drug-likeness (QED) is 0.517. The zero-order valence-corrected chi connectivity index (χ0v) is 15.8. The number of benzene rings is 2. The average molecular weight is 391 g/mol. The predicted molar refractivity (Wildman–Crippen MR) is 93.8 cm³/mol. The summed E-state index contributed by atoms with van der Waals surface area (Å²) >= 11 is 1.53. The first-order valence-electron chi connectivity index (χ1n) is 7.36. The first kappa shape index (κ1) is 19.9. The van der Waals surface area contributed by atoms with Crippen LogP contribution in [0.2, 0.25) is 4.37 Å². The van der Waals surface area contributed by atoms with Gasteiger partial charge in [-0.25, -0.2) is 0 Å². The molecule has 0 aliphatic carbocycles. The molecule has 0 fully saturated rings. The average Bonchev–Trinajstić information content (AvgIpc) is 2.57. The summed E-state index contributed by atoms with van der Waals surface area (Å²) in [5.74, 6) is 0. The second kappa shape index (κ2) is 13.9. The monoisotopic (exact) mass is 390 g/mol. The number of carbonyl (C=O) groups excluding carboxylic acids is 1. The Morgan fingerprint density at radius 3 is 1.67 bits per heavy atom. The Morgan fingerprint density at radius 2 is 1.29 bits per heavy atom. The maximum absolute atomic E-state index is 9.19. The van der Waals surface area contributed by atoms with Gasteiger partial charge in [0.2, 0.25) is 0 Å². The van der Waals surface area contributed by atoms with Crippen molar-refractivity contribution in [1.82, 2.24) is 0 Å². The van der Waals surface area contributed by atoms with E-state index in [-0.39, 0.29) is 0 Å². The van der Waals surface area contributed by atoms with Gasteiger partial charge in [0.1, 0.15) is 0 Å². The normalized spacial score (nSPS) is 8.76. The van der Waals surface area contributed by atoms with Gasteiger partial charge in [0.25, 0.3) is 0 Å². The van der Waals surface area contributed by atoms with Gasteiger partial charge in [0.05, 0.1) is 0 Å². The van der Waals surface area contributed by atoms with Crippen molar-refractivity contribution in [3.63, 3.8) is 0 Å². The van der Waals surface area contributed by atoms with E-state index in [2.05, 4.69) is 69.3 Å². The summed E-state index contributed by atoms with van der Waals surface area (Å²) < 4.78 is 0.689. The van der Waals surface area contributed by atoms with Crippen molar-refractivity contribution in [2.45, 2.75) is 38.0 Å². The van der Waals surface area contributed by atoms with E-state index in [1.54, 1.807) is 0 Å². The molecule has 0 unspecified atom stereocenters. The van der Waals surface area contributed by atoms with E-state index in [0.29, 0.717) is 4.37 Å². The summed E-state index contributed by atoms with van der Waals surface area (Å²) in [6.07, 6.45) is 3.54. The van der Waals surface area contributed by atoms with E-state index in [1.807, 2.05) is 6.07 Å². The number of unbranched alkanes of at least 4 members (excludes halogenated alkanes) is 1. The third-order valence-corrected chi connectivity index (χ3v) is 3.16. The fraction of sp³-hybridized carbons (Fsp3) is 0.316. The Hall–Kier alpha value is -1.07. The third-order valence-electron chi connectivity index (χ3n) is 2.73. The molecule has 0 heterocycles. The van der Waals surface area contributed by atoms with Crippen molar-refractivity contribution in [1.29, 1.82) is 0 Å². The molecule has 112 valence electrons. The molecule has 0 aliphatic rings. The second-order valence-electron chi connectivity index (χ2n) is 4.58. The molecule has 2 aromatic carbocycles. The van der Waals surface area contributed by atoms with E-state index in [0.717, 1.165) is 6.29 Å². The molecular weight excluding hydrogens is 366 g/mol. The van der Waals surface area contributed by atoms with Gasteiger partial charge in [-0.05, 0) is 18.1 Å². The Labute approximate surface area is 143 Å². The number of carbonyl (C=O) groups is 1. The van der Waals surface area contributed by atoms with Crippen LogP contribution in [-0.2, 0) is 4.79 Å². The summed E-state index contributed by atoms with van der Waals surface area (Å²) in [5, 5.41) is 0. The number of hydrogen-bond donors (Lipinski definition) is 0. The molecule has 21 heavy (non-hydrogen) atoms.